The first-order chi connectivity index (χ1) is 6.87. The largest absolute Gasteiger partial charge is 0.468 e. The normalized spacial score (nSPS) is 17.4. The predicted octanol–water partition coefficient (Wildman–Crippen LogP) is 1.68. The lowest BCUT2D eigenvalue weighted by Crippen LogP contribution is -2.10. The van der Waals surface area contributed by atoms with Gasteiger partial charge in [0, 0.05) is 12.4 Å². The van der Waals surface area contributed by atoms with Gasteiger partial charge in [-0.1, -0.05) is 0 Å². The third kappa shape index (κ3) is 1.76. The molecule has 0 amide bonds. The molecule has 3 heteroatoms. The Morgan fingerprint density at radius 1 is 1.43 bits per heavy atom. The van der Waals surface area contributed by atoms with Crippen molar-refractivity contribution in [2.75, 3.05) is 6.61 Å². The van der Waals surface area contributed by atoms with Crippen molar-refractivity contribution in [3.8, 4) is 0 Å². The van der Waals surface area contributed by atoms with E-state index in [0.717, 1.165) is 6.42 Å². The summed E-state index contributed by atoms with van der Waals surface area (Å²) in [4.78, 5) is 14.0. The Hall–Kier alpha value is -1.38. The summed E-state index contributed by atoms with van der Waals surface area (Å²) in [5.41, 5.74) is 1.59. The van der Waals surface area contributed by atoms with Crippen molar-refractivity contribution >= 4 is 6.47 Å². The first-order valence-electron chi connectivity index (χ1n) is 4.83. The fraction of sp³-hybridized carbons (Fsp3) is 0.455. The van der Waals surface area contributed by atoms with Crippen LogP contribution >= 0.6 is 0 Å². The lowest BCUT2D eigenvalue weighted by Gasteiger charge is -2.13. The van der Waals surface area contributed by atoms with Crippen molar-refractivity contribution in [3.05, 3.63) is 30.1 Å². The molecule has 0 aliphatic heterocycles. The highest BCUT2D eigenvalue weighted by molar-refractivity contribution is 5.37. The lowest BCUT2D eigenvalue weighted by molar-refractivity contribution is -0.128. The molecule has 0 aromatic carbocycles. The van der Waals surface area contributed by atoms with Crippen molar-refractivity contribution in [3.63, 3.8) is 0 Å². The van der Waals surface area contributed by atoms with Gasteiger partial charge in [-0.25, -0.2) is 0 Å². The molecule has 0 saturated heterocycles. The van der Waals surface area contributed by atoms with Crippen molar-refractivity contribution in [1.82, 2.24) is 4.98 Å². The van der Waals surface area contributed by atoms with Crippen LogP contribution in [0.4, 0.5) is 0 Å². The topological polar surface area (TPSA) is 39.2 Å². The van der Waals surface area contributed by atoms with Gasteiger partial charge in [-0.3, -0.25) is 9.78 Å². The molecule has 14 heavy (non-hydrogen) atoms. The number of ether oxygens (including phenoxy) is 1. The van der Waals surface area contributed by atoms with Crippen LogP contribution in [0.5, 0.6) is 0 Å². The van der Waals surface area contributed by atoms with Gasteiger partial charge in [0.25, 0.3) is 6.47 Å². The SMILES string of the molecule is O=COCCC1(c2ccncc2)CC1. The van der Waals surface area contributed by atoms with Crippen LogP contribution in [-0.4, -0.2) is 18.1 Å². The van der Waals surface area contributed by atoms with Crippen LogP contribution in [-0.2, 0) is 14.9 Å². The molecule has 0 unspecified atom stereocenters. The first kappa shape index (κ1) is 9.19. The molecule has 1 heterocycles. The van der Waals surface area contributed by atoms with Gasteiger partial charge in [0.1, 0.15) is 0 Å². The predicted molar refractivity (Wildman–Crippen MR) is 51.8 cm³/mol. The second-order valence-electron chi connectivity index (χ2n) is 3.73. The molecule has 1 aliphatic carbocycles. The van der Waals surface area contributed by atoms with Gasteiger partial charge < -0.3 is 4.74 Å². The molecule has 1 aromatic heterocycles. The van der Waals surface area contributed by atoms with Crippen molar-refractivity contribution < 1.29 is 9.53 Å². The number of carbonyl (C=O) groups excluding carboxylic acids is 1. The molecule has 1 saturated carbocycles. The molecule has 0 spiro atoms. The summed E-state index contributed by atoms with van der Waals surface area (Å²) < 4.78 is 4.73. The zero-order valence-electron chi connectivity index (χ0n) is 7.98. The molecular formula is C11H13NO2. The highest BCUT2D eigenvalue weighted by atomic mass is 16.5. The Morgan fingerprint density at radius 2 is 2.14 bits per heavy atom. The molecule has 1 aliphatic rings. The van der Waals surface area contributed by atoms with E-state index in [1.54, 1.807) is 0 Å². The summed E-state index contributed by atoms with van der Waals surface area (Å²) in [6.45, 7) is 1.04. The number of hydrogen-bond donors (Lipinski definition) is 0. The lowest BCUT2D eigenvalue weighted by atomic mass is 9.94. The summed E-state index contributed by atoms with van der Waals surface area (Å²) >= 11 is 0. The minimum atomic E-state index is 0.270. The fourth-order valence-electron chi connectivity index (χ4n) is 1.84. The zero-order chi connectivity index (χ0) is 9.86. The highest BCUT2D eigenvalue weighted by Gasteiger charge is 2.43. The molecule has 74 valence electrons. The quantitative estimate of drug-likeness (QED) is 0.525. The van der Waals surface area contributed by atoms with Crippen molar-refractivity contribution in [2.24, 2.45) is 0 Å². The Labute approximate surface area is 83.1 Å². The van der Waals surface area contributed by atoms with E-state index in [1.165, 1.54) is 18.4 Å². The maximum absolute atomic E-state index is 10.0. The summed E-state index contributed by atoms with van der Waals surface area (Å²) in [6.07, 6.45) is 6.94. The average molecular weight is 191 g/mol. The van der Waals surface area contributed by atoms with E-state index in [1.807, 2.05) is 24.5 Å². The molecule has 1 fully saturated rings. The number of pyridine rings is 1. The smallest absolute Gasteiger partial charge is 0.293 e. The highest BCUT2D eigenvalue weighted by Crippen LogP contribution is 2.50. The number of nitrogens with zero attached hydrogens (tertiary/aromatic N) is 1. The average Bonchev–Trinajstić information content (AvgIpc) is 3.01. The van der Waals surface area contributed by atoms with Gasteiger partial charge in [0.2, 0.25) is 0 Å². The first-order valence-corrected chi connectivity index (χ1v) is 4.83. The molecule has 0 radical (unpaired) electrons. The summed E-state index contributed by atoms with van der Waals surface area (Å²) in [6, 6.07) is 4.10. The number of aromatic nitrogens is 1. The molecule has 0 atom stereocenters. The van der Waals surface area contributed by atoms with Gasteiger partial charge in [-0.2, -0.15) is 0 Å². The molecule has 2 rings (SSSR count). The van der Waals surface area contributed by atoms with E-state index < -0.39 is 0 Å². The van der Waals surface area contributed by atoms with Crippen LogP contribution in [0.2, 0.25) is 0 Å². The molecule has 0 N–H and O–H groups in total. The molecule has 1 aromatic rings. The summed E-state index contributed by atoms with van der Waals surface area (Å²) in [5.74, 6) is 0. The van der Waals surface area contributed by atoms with E-state index in [2.05, 4.69) is 4.98 Å². The Bertz CT molecular complexity index is 306. The van der Waals surface area contributed by atoms with Crippen LogP contribution in [0, 0.1) is 0 Å². The van der Waals surface area contributed by atoms with Crippen LogP contribution in [0.1, 0.15) is 24.8 Å². The van der Waals surface area contributed by atoms with E-state index in [-0.39, 0.29) is 5.41 Å². The van der Waals surface area contributed by atoms with E-state index in [4.69, 9.17) is 4.74 Å². The van der Waals surface area contributed by atoms with Crippen molar-refractivity contribution in [1.29, 1.82) is 0 Å². The maximum Gasteiger partial charge on any atom is 0.293 e. The third-order valence-electron chi connectivity index (χ3n) is 2.91. The third-order valence-corrected chi connectivity index (χ3v) is 2.91. The van der Waals surface area contributed by atoms with Crippen LogP contribution in [0.3, 0.4) is 0 Å². The minimum Gasteiger partial charge on any atom is -0.468 e. The molecule has 0 bridgehead atoms. The van der Waals surface area contributed by atoms with E-state index in [0.29, 0.717) is 13.1 Å². The van der Waals surface area contributed by atoms with E-state index in [9.17, 15) is 4.79 Å². The Kier molecular flexibility index (Phi) is 2.48. The van der Waals surface area contributed by atoms with Crippen LogP contribution in [0.25, 0.3) is 0 Å². The Balaban J connectivity index is 1.99. The van der Waals surface area contributed by atoms with Gasteiger partial charge in [0.05, 0.1) is 6.61 Å². The van der Waals surface area contributed by atoms with Gasteiger partial charge >= 0.3 is 0 Å². The fourth-order valence-corrected chi connectivity index (χ4v) is 1.84. The zero-order valence-corrected chi connectivity index (χ0v) is 7.98. The number of hydrogen-bond acceptors (Lipinski definition) is 3. The molecular weight excluding hydrogens is 178 g/mol. The maximum atomic E-state index is 10.0. The summed E-state index contributed by atoms with van der Waals surface area (Å²) in [7, 11) is 0. The van der Waals surface area contributed by atoms with Crippen LogP contribution < -0.4 is 0 Å². The van der Waals surface area contributed by atoms with Gasteiger partial charge in [-0.05, 0) is 42.4 Å². The van der Waals surface area contributed by atoms with Gasteiger partial charge in [0.15, 0.2) is 0 Å². The van der Waals surface area contributed by atoms with Gasteiger partial charge in [-0.15, -0.1) is 0 Å². The number of rotatable bonds is 5. The second-order valence-corrected chi connectivity index (χ2v) is 3.73. The monoisotopic (exact) mass is 191 g/mol. The minimum absolute atomic E-state index is 0.270. The number of carbonyl (C=O) groups is 1. The second kappa shape index (κ2) is 3.78. The molecule has 3 nitrogen and oxygen atoms in total. The van der Waals surface area contributed by atoms with E-state index >= 15 is 0 Å². The van der Waals surface area contributed by atoms with Crippen molar-refractivity contribution in [2.45, 2.75) is 24.7 Å². The van der Waals surface area contributed by atoms with Crippen LogP contribution in [0.15, 0.2) is 24.5 Å². The Morgan fingerprint density at radius 3 is 2.71 bits per heavy atom. The summed E-state index contributed by atoms with van der Waals surface area (Å²) in [5, 5.41) is 0. The standard InChI is InChI=1S/C11H13NO2/c13-9-14-8-5-11(3-4-11)10-1-6-12-7-2-10/h1-2,6-7,9H,3-5,8H2.